The fourth-order valence-corrected chi connectivity index (χ4v) is 3.38. The van der Waals surface area contributed by atoms with Crippen molar-refractivity contribution in [1.29, 1.82) is 0 Å². The highest BCUT2D eigenvalue weighted by atomic mass is 35.5. The molecule has 112 valence electrons. The number of hydrogen-bond acceptors (Lipinski definition) is 2. The van der Waals surface area contributed by atoms with Gasteiger partial charge in [0.25, 0.3) is 0 Å². The van der Waals surface area contributed by atoms with E-state index in [0.717, 1.165) is 25.7 Å². The fourth-order valence-electron chi connectivity index (χ4n) is 3.18. The molecule has 0 spiro atoms. The summed E-state index contributed by atoms with van der Waals surface area (Å²) in [5.41, 5.74) is 6.63. The lowest BCUT2D eigenvalue weighted by Crippen LogP contribution is -2.50. The van der Waals surface area contributed by atoms with Crippen molar-refractivity contribution >= 4 is 11.6 Å². The molecule has 0 amide bonds. The standard InChI is InChI=1S/C16H23ClFNO/c1-20-16(9-4-2-3-5-10-16)14(19)11-12-7-6-8-13(17)15(12)18/h6-8,14H,2-5,9-11,19H2,1H3. The van der Waals surface area contributed by atoms with E-state index in [4.69, 9.17) is 22.1 Å². The monoisotopic (exact) mass is 299 g/mol. The minimum Gasteiger partial charge on any atom is -0.377 e. The van der Waals surface area contributed by atoms with Crippen molar-refractivity contribution in [2.75, 3.05) is 7.11 Å². The second kappa shape index (κ2) is 6.88. The zero-order chi connectivity index (χ0) is 14.6. The average Bonchev–Trinajstić information content (AvgIpc) is 2.70. The van der Waals surface area contributed by atoms with Gasteiger partial charge in [0.1, 0.15) is 5.82 Å². The van der Waals surface area contributed by atoms with Gasteiger partial charge in [0.2, 0.25) is 0 Å². The van der Waals surface area contributed by atoms with Crippen molar-refractivity contribution in [1.82, 2.24) is 0 Å². The van der Waals surface area contributed by atoms with Crippen LogP contribution in [0.4, 0.5) is 4.39 Å². The molecular formula is C16H23ClFNO. The maximum atomic E-state index is 14.0. The van der Waals surface area contributed by atoms with Crippen LogP contribution in [0.1, 0.15) is 44.1 Å². The van der Waals surface area contributed by atoms with E-state index < -0.39 is 0 Å². The van der Waals surface area contributed by atoms with Crippen LogP contribution >= 0.6 is 11.6 Å². The fraction of sp³-hybridized carbons (Fsp3) is 0.625. The first-order valence-corrected chi connectivity index (χ1v) is 7.70. The predicted molar refractivity (Wildman–Crippen MR) is 80.5 cm³/mol. The summed E-state index contributed by atoms with van der Waals surface area (Å²) in [6, 6.07) is 4.86. The number of benzene rings is 1. The maximum Gasteiger partial charge on any atom is 0.145 e. The van der Waals surface area contributed by atoms with E-state index in [1.54, 1.807) is 25.3 Å². The van der Waals surface area contributed by atoms with Gasteiger partial charge in [-0.15, -0.1) is 0 Å². The van der Waals surface area contributed by atoms with Gasteiger partial charge in [-0.1, -0.05) is 49.4 Å². The van der Waals surface area contributed by atoms with Crippen LogP contribution in [-0.2, 0) is 11.2 Å². The summed E-state index contributed by atoms with van der Waals surface area (Å²) in [5, 5.41) is 0.155. The minimum atomic E-state index is -0.357. The number of ether oxygens (including phenoxy) is 1. The Morgan fingerprint density at radius 1 is 1.30 bits per heavy atom. The lowest BCUT2D eigenvalue weighted by molar-refractivity contribution is -0.0431. The molecule has 1 saturated carbocycles. The van der Waals surface area contributed by atoms with E-state index in [0.29, 0.717) is 12.0 Å². The molecule has 0 heterocycles. The Balaban J connectivity index is 2.16. The molecule has 1 aromatic rings. The molecule has 1 atom stereocenters. The zero-order valence-corrected chi connectivity index (χ0v) is 12.8. The van der Waals surface area contributed by atoms with Crippen molar-refractivity contribution in [2.24, 2.45) is 5.73 Å². The molecule has 2 N–H and O–H groups in total. The van der Waals surface area contributed by atoms with Crippen LogP contribution in [0.15, 0.2) is 18.2 Å². The molecule has 1 aliphatic carbocycles. The van der Waals surface area contributed by atoms with Gasteiger partial charge in [-0.25, -0.2) is 4.39 Å². The van der Waals surface area contributed by atoms with Crippen molar-refractivity contribution in [3.8, 4) is 0 Å². The number of hydrogen-bond donors (Lipinski definition) is 1. The van der Waals surface area contributed by atoms with Gasteiger partial charge >= 0.3 is 0 Å². The van der Waals surface area contributed by atoms with Gasteiger partial charge in [-0.05, 0) is 30.9 Å². The molecule has 0 radical (unpaired) electrons. The number of methoxy groups -OCH3 is 1. The van der Waals surface area contributed by atoms with Crippen LogP contribution in [-0.4, -0.2) is 18.8 Å². The number of rotatable bonds is 4. The van der Waals surface area contributed by atoms with Crippen LogP contribution in [0, 0.1) is 5.82 Å². The third kappa shape index (κ3) is 3.33. The first-order valence-electron chi connectivity index (χ1n) is 7.33. The summed E-state index contributed by atoms with van der Waals surface area (Å²) in [6.07, 6.45) is 7.06. The van der Waals surface area contributed by atoms with E-state index in [9.17, 15) is 4.39 Å². The van der Waals surface area contributed by atoms with E-state index in [1.807, 2.05) is 0 Å². The molecule has 4 heteroatoms. The predicted octanol–water partition coefficient (Wildman–Crippen LogP) is 4.09. The molecule has 0 bridgehead atoms. The van der Waals surface area contributed by atoms with Crippen molar-refractivity contribution < 1.29 is 9.13 Å². The SMILES string of the molecule is COC1(C(N)Cc2cccc(Cl)c2F)CCCCCC1. The highest BCUT2D eigenvalue weighted by Crippen LogP contribution is 2.34. The third-order valence-corrected chi connectivity index (χ3v) is 4.80. The van der Waals surface area contributed by atoms with Crippen molar-refractivity contribution in [3.63, 3.8) is 0 Å². The largest absolute Gasteiger partial charge is 0.377 e. The van der Waals surface area contributed by atoms with Crippen LogP contribution < -0.4 is 5.73 Å². The molecule has 0 aliphatic heterocycles. The molecule has 1 fully saturated rings. The van der Waals surface area contributed by atoms with Gasteiger partial charge in [0, 0.05) is 13.2 Å². The third-order valence-electron chi connectivity index (χ3n) is 4.50. The van der Waals surface area contributed by atoms with E-state index in [-0.39, 0.29) is 22.5 Å². The minimum absolute atomic E-state index is 0.155. The molecule has 1 aromatic carbocycles. The van der Waals surface area contributed by atoms with Gasteiger partial charge in [0.05, 0.1) is 10.6 Å². The van der Waals surface area contributed by atoms with Gasteiger partial charge in [0.15, 0.2) is 0 Å². The summed E-state index contributed by atoms with van der Waals surface area (Å²) in [7, 11) is 1.72. The molecule has 1 unspecified atom stereocenters. The highest BCUT2D eigenvalue weighted by molar-refractivity contribution is 6.30. The van der Waals surface area contributed by atoms with Crippen LogP contribution in [0.3, 0.4) is 0 Å². The Morgan fingerprint density at radius 2 is 1.95 bits per heavy atom. The Morgan fingerprint density at radius 3 is 2.55 bits per heavy atom. The number of nitrogens with two attached hydrogens (primary N) is 1. The Hall–Kier alpha value is -0.640. The lowest BCUT2D eigenvalue weighted by Gasteiger charge is -2.37. The molecule has 2 nitrogen and oxygen atoms in total. The second-order valence-electron chi connectivity index (χ2n) is 5.71. The summed E-state index contributed by atoms with van der Waals surface area (Å²) < 4.78 is 19.8. The summed E-state index contributed by atoms with van der Waals surface area (Å²) in [5.74, 6) is -0.357. The van der Waals surface area contributed by atoms with Crippen LogP contribution in [0.25, 0.3) is 0 Å². The van der Waals surface area contributed by atoms with Crippen LogP contribution in [0.5, 0.6) is 0 Å². The molecule has 2 rings (SSSR count). The summed E-state index contributed by atoms with van der Waals surface area (Å²) in [6.45, 7) is 0. The topological polar surface area (TPSA) is 35.2 Å². The molecule has 1 aliphatic rings. The zero-order valence-electron chi connectivity index (χ0n) is 12.0. The van der Waals surface area contributed by atoms with Crippen molar-refractivity contribution in [3.05, 3.63) is 34.6 Å². The van der Waals surface area contributed by atoms with Gasteiger partial charge in [-0.2, -0.15) is 0 Å². The Kier molecular flexibility index (Phi) is 5.42. The van der Waals surface area contributed by atoms with E-state index >= 15 is 0 Å². The normalized spacial score (nSPS) is 20.4. The molecule has 0 aromatic heterocycles. The maximum absolute atomic E-state index is 14.0. The quantitative estimate of drug-likeness (QED) is 0.850. The summed E-state index contributed by atoms with van der Waals surface area (Å²) in [4.78, 5) is 0. The first kappa shape index (κ1) is 15.7. The van der Waals surface area contributed by atoms with E-state index in [1.165, 1.54) is 12.8 Å². The average molecular weight is 300 g/mol. The lowest BCUT2D eigenvalue weighted by atomic mass is 9.83. The van der Waals surface area contributed by atoms with Crippen LogP contribution in [0.2, 0.25) is 5.02 Å². The second-order valence-corrected chi connectivity index (χ2v) is 6.11. The van der Waals surface area contributed by atoms with E-state index in [2.05, 4.69) is 0 Å². The van der Waals surface area contributed by atoms with Gasteiger partial charge in [-0.3, -0.25) is 0 Å². The molecule has 20 heavy (non-hydrogen) atoms. The number of halogens is 2. The first-order chi connectivity index (χ1) is 9.59. The Bertz CT molecular complexity index is 444. The van der Waals surface area contributed by atoms with Crippen molar-refractivity contribution in [2.45, 2.75) is 56.6 Å². The summed E-state index contributed by atoms with van der Waals surface area (Å²) >= 11 is 5.83. The Labute approximate surface area is 125 Å². The van der Waals surface area contributed by atoms with Gasteiger partial charge < -0.3 is 10.5 Å². The highest BCUT2D eigenvalue weighted by Gasteiger charge is 2.37. The molecular weight excluding hydrogens is 277 g/mol. The molecule has 0 saturated heterocycles. The smallest absolute Gasteiger partial charge is 0.145 e.